The lowest BCUT2D eigenvalue weighted by Gasteiger charge is -2.40. The molecule has 0 aliphatic carbocycles. The normalized spacial score (nSPS) is 16.5. The molecule has 3 aromatic rings. The van der Waals surface area contributed by atoms with Crippen molar-refractivity contribution in [2.24, 2.45) is 0 Å². The van der Waals surface area contributed by atoms with Crippen LogP contribution in [0.15, 0.2) is 40.8 Å². The molecule has 0 radical (unpaired) electrons. The second-order valence-corrected chi connectivity index (χ2v) is 9.77. The van der Waals surface area contributed by atoms with Crippen LogP contribution >= 0.6 is 0 Å². The van der Waals surface area contributed by atoms with Gasteiger partial charge in [0.1, 0.15) is 11.1 Å². The Hall–Kier alpha value is -3.15. The number of hydrogen-bond donors (Lipinski definition) is 1. The molecule has 2 amide bonds. The van der Waals surface area contributed by atoms with Crippen molar-refractivity contribution in [3.63, 3.8) is 0 Å². The number of benzene rings is 1. The predicted octanol–water partition coefficient (Wildman–Crippen LogP) is 4.45. The van der Waals surface area contributed by atoms with Crippen molar-refractivity contribution >= 4 is 22.9 Å². The highest BCUT2D eigenvalue weighted by Crippen LogP contribution is 2.35. The molecule has 6 nitrogen and oxygen atoms in total. The number of pyridine rings is 1. The average molecular weight is 420 g/mol. The largest absolute Gasteiger partial charge is 0.449 e. The molecule has 6 heteroatoms. The van der Waals surface area contributed by atoms with Gasteiger partial charge < -0.3 is 14.6 Å². The molecular formula is C25H29N3O3. The van der Waals surface area contributed by atoms with Crippen LogP contribution in [0.2, 0.25) is 0 Å². The van der Waals surface area contributed by atoms with Gasteiger partial charge in [0.2, 0.25) is 5.91 Å². The van der Waals surface area contributed by atoms with Gasteiger partial charge in [-0.15, -0.1) is 0 Å². The van der Waals surface area contributed by atoms with E-state index in [9.17, 15) is 9.59 Å². The molecule has 1 fully saturated rings. The quantitative estimate of drug-likeness (QED) is 0.666. The van der Waals surface area contributed by atoms with E-state index in [1.165, 1.54) is 5.56 Å². The molecule has 31 heavy (non-hydrogen) atoms. The topological polar surface area (TPSA) is 75.4 Å². The fourth-order valence-electron chi connectivity index (χ4n) is 3.94. The molecule has 4 rings (SSSR count). The smallest absolute Gasteiger partial charge is 0.290 e. The van der Waals surface area contributed by atoms with Crippen molar-refractivity contribution in [1.82, 2.24) is 15.2 Å². The number of aromatic nitrogens is 1. The molecule has 3 heterocycles. The van der Waals surface area contributed by atoms with E-state index >= 15 is 0 Å². The molecule has 0 spiro atoms. The summed E-state index contributed by atoms with van der Waals surface area (Å²) >= 11 is 0. The Morgan fingerprint density at radius 3 is 2.48 bits per heavy atom. The van der Waals surface area contributed by atoms with Crippen LogP contribution in [0, 0.1) is 6.92 Å². The van der Waals surface area contributed by atoms with Crippen LogP contribution < -0.4 is 5.32 Å². The summed E-state index contributed by atoms with van der Waals surface area (Å²) in [5.74, 6) is -0.259. The zero-order valence-corrected chi connectivity index (χ0v) is 19.0. The van der Waals surface area contributed by atoms with E-state index in [1.807, 2.05) is 6.07 Å². The minimum Gasteiger partial charge on any atom is -0.449 e. The monoisotopic (exact) mass is 419 g/mol. The van der Waals surface area contributed by atoms with Crippen LogP contribution in [0.3, 0.4) is 0 Å². The Balaban J connectivity index is 1.83. The van der Waals surface area contributed by atoms with Gasteiger partial charge >= 0.3 is 0 Å². The molecule has 1 aliphatic heterocycles. The number of carbonyl (C=O) groups excluding carboxylic acids is 2. The molecule has 0 unspecified atom stereocenters. The predicted molar refractivity (Wildman–Crippen MR) is 121 cm³/mol. The van der Waals surface area contributed by atoms with Crippen LogP contribution in [0.5, 0.6) is 0 Å². The second kappa shape index (κ2) is 7.22. The summed E-state index contributed by atoms with van der Waals surface area (Å²) in [6.07, 6.45) is 0. The van der Waals surface area contributed by atoms with E-state index in [2.05, 4.69) is 57.3 Å². The lowest BCUT2D eigenvalue weighted by Crippen LogP contribution is -2.63. The highest BCUT2D eigenvalue weighted by atomic mass is 16.3. The standard InChI is InChI=1S/C25H29N3O3/c1-15-7-9-16(10-8-15)18-13-17(24(2,3)4)21-19(27-18)14-20(31-21)22(29)28-12-11-26-23(30)25(28,5)6/h7-10,13-14H,11-12H2,1-6H3,(H,26,30). The number of nitrogens with zero attached hydrogens (tertiary/aromatic N) is 2. The van der Waals surface area contributed by atoms with Crippen LogP contribution in [-0.2, 0) is 10.2 Å². The zero-order chi connectivity index (χ0) is 22.6. The molecule has 0 bridgehead atoms. The second-order valence-electron chi connectivity index (χ2n) is 9.77. The summed E-state index contributed by atoms with van der Waals surface area (Å²) in [6, 6.07) is 12.0. The Morgan fingerprint density at radius 2 is 1.84 bits per heavy atom. The molecule has 1 N–H and O–H groups in total. The van der Waals surface area contributed by atoms with Crippen LogP contribution in [-0.4, -0.2) is 40.3 Å². The first kappa shape index (κ1) is 21.1. The van der Waals surface area contributed by atoms with Gasteiger partial charge in [0, 0.05) is 30.3 Å². The van der Waals surface area contributed by atoms with Crippen molar-refractivity contribution in [2.75, 3.05) is 13.1 Å². The van der Waals surface area contributed by atoms with Crippen molar-refractivity contribution < 1.29 is 14.0 Å². The first-order valence-electron chi connectivity index (χ1n) is 10.6. The Kier molecular flexibility index (Phi) is 4.91. The molecule has 1 saturated heterocycles. The molecule has 2 aromatic heterocycles. The fourth-order valence-corrected chi connectivity index (χ4v) is 3.94. The maximum atomic E-state index is 13.3. The van der Waals surface area contributed by atoms with Gasteiger partial charge in [-0.2, -0.15) is 0 Å². The molecular weight excluding hydrogens is 390 g/mol. The van der Waals surface area contributed by atoms with Gasteiger partial charge in [-0.1, -0.05) is 50.6 Å². The number of fused-ring (bicyclic) bond motifs is 1. The van der Waals surface area contributed by atoms with Gasteiger partial charge in [0.25, 0.3) is 5.91 Å². The maximum Gasteiger partial charge on any atom is 0.290 e. The first-order valence-corrected chi connectivity index (χ1v) is 10.6. The van der Waals surface area contributed by atoms with Gasteiger partial charge in [-0.05, 0) is 32.3 Å². The molecule has 162 valence electrons. The lowest BCUT2D eigenvalue weighted by molar-refractivity contribution is -0.133. The first-order chi connectivity index (χ1) is 14.5. The molecule has 1 aromatic carbocycles. The average Bonchev–Trinajstić information content (AvgIpc) is 3.12. The number of amides is 2. The van der Waals surface area contributed by atoms with Gasteiger partial charge in [-0.25, -0.2) is 4.98 Å². The molecule has 1 aliphatic rings. The van der Waals surface area contributed by atoms with Crippen molar-refractivity contribution in [2.45, 2.75) is 52.5 Å². The number of piperazine rings is 1. The third-order valence-electron chi connectivity index (χ3n) is 5.94. The fraction of sp³-hybridized carbons (Fsp3) is 0.400. The van der Waals surface area contributed by atoms with Gasteiger partial charge in [0.15, 0.2) is 11.3 Å². The van der Waals surface area contributed by atoms with Gasteiger partial charge in [-0.3, -0.25) is 9.59 Å². The van der Waals surface area contributed by atoms with Crippen LogP contribution in [0.4, 0.5) is 0 Å². The molecule has 0 saturated carbocycles. The van der Waals surface area contributed by atoms with E-state index in [1.54, 1.807) is 24.8 Å². The van der Waals surface area contributed by atoms with Crippen LogP contribution in [0.1, 0.15) is 56.3 Å². The molecule has 0 atom stereocenters. The summed E-state index contributed by atoms with van der Waals surface area (Å²) in [4.78, 5) is 32.0. The van der Waals surface area contributed by atoms with E-state index in [0.29, 0.717) is 24.2 Å². The van der Waals surface area contributed by atoms with Crippen molar-refractivity contribution in [1.29, 1.82) is 0 Å². The Bertz CT molecular complexity index is 1170. The number of hydrogen-bond acceptors (Lipinski definition) is 4. The summed E-state index contributed by atoms with van der Waals surface area (Å²) in [5, 5.41) is 2.82. The summed E-state index contributed by atoms with van der Waals surface area (Å²) in [5.41, 5.74) is 4.14. The zero-order valence-electron chi connectivity index (χ0n) is 19.0. The summed E-state index contributed by atoms with van der Waals surface area (Å²) < 4.78 is 6.09. The van der Waals surface area contributed by atoms with E-state index in [-0.39, 0.29) is 23.0 Å². The van der Waals surface area contributed by atoms with Crippen molar-refractivity contribution in [3.8, 4) is 11.3 Å². The Morgan fingerprint density at radius 1 is 1.16 bits per heavy atom. The minimum atomic E-state index is -0.943. The Labute approximate surface area is 182 Å². The van der Waals surface area contributed by atoms with Crippen molar-refractivity contribution in [3.05, 3.63) is 53.3 Å². The van der Waals surface area contributed by atoms with Gasteiger partial charge in [0.05, 0.1) is 5.69 Å². The third-order valence-corrected chi connectivity index (χ3v) is 5.94. The third kappa shape index (κ3) is 3.71. The lowest BCUT2D eigenvalue weighted by atomic mass is 9.86. The highest BCUT2D eigenvalue weighted by molar-refractivity contribution is 6.00. The van der Waals surface area contributed by atoms with E-state index < -0.39 is 5.54 Å². The minimum absolute atomic E-state index is 0.168. The maximum absolute atomic E-state index is 13.3. The number of furan rings is 1. The van der Waals surface area contributed by atoms with Crippen LogP contribution in [0.25, 0.3) is 22.4 Å². The van der Waals surface area contributed by atoms with E-state index in [0.717, 1.165) is 16.8 Å². The summed E-state index contributed by atoms with van der Waals surface area (Å²) in [6.45, 7) is 12.7. The van der Waals surface area contributed by atoms with E-state index in [4.69, 9.17) is 9.40 Å². The number of aryl methyl sites for hydroxylation is 1. The summed E-state index contributed by atoms with van der Waals surface area (Å²) in [7, 11) is 0. The SMILES string of the molecule is Cc1ccc(-c2cc(C(C)(C)C)c3oc(C(=O)N4CCNC(=O)C4(C)C)cc3n2)cc1. The number of carbonyl (C=O) groups is 2. The number of rotatable bonds is 2. The number of nitrogens with one attached hydrogen (secondary N) is 1. The highest BCUT2D eigenvalue weighted by Gasteiger charge is 2.41.